The summed E-state index contributed by atoms with van der Waals surface area (Å²) >= 11 is 0. The fourth-order valence-corrected chi connectivity index (χ4v) is 3.93. The third kappa shape index (κ3) is 4.41. The van der Waals surface area contributed by atoms with Crippen LogP contribution in [-0.4, -0.2) is 28.5 Å². The summed E-state index contributed by atoms with van der Waals surface area (Å²) in [5, 5.41) is 0. The summed E-state index contributed by atoms with van der Waals surface area (Å²) < 4.78 is 21.4. The Kier molecular flexibility index (Phi) is 6.21. The van der Waals surface area contributed by atoms with Crippen molar-refractivity contribution in [2.45, 2.75) is 33.2 Å². The largest absolute Gasteiger partial charge is 0.454 e. The van der Waals surface area contributed by atoms with Crippen LogP contribution in [0.4, 0.5) is 4.39 Å². The molecule has 0 unspecified atom stereocenters. The van der Waals surface area contributed by atoms with Crippen LogP contribution in [0, 0.1) is 5.82 Å². The first kappa shape index (κ1) is 20.9. The summed E-state index contributed by atoms with van der Waals surface area (Å²) in [7, 11) is 0. The SMILES string of the molecule is CCCN(CCC)C(=O)c1cc2oc(-c3ccc(F)cc3)cc2n1Cc1ccccc1. The maximum Gasteiger partial charge on any atom is 0.270 e. The Bertz CT molecular complexity index is 1150. The minimum atomic E-state index is -0.284. The van der Waals surface area contributed by atoms with E-state index < -0.39 is 0 Å². The van der Waals surface area contributed by atoms with Gasteiger partial charge in [0, 0.05) is 37.3 Å². The van der Waals surface area contributed by atoms with E-state index in [1.54, 1.807) is 12.1 Å². The summed E-state index contributed by atoms with van der Waals surface area (Å²) in [6.45, 7) is 6.19. The van der Waals surface area contributed by atoms with Gasteiger partial charge in [0.25, 0.3) is 5.91 Å². The van der Waals surface area contributed by atoms with Gasteiger partial charge in [-0.1, -0.05) is 44.2 Å². The Labute approximate surface area is 181 Å². The van der Waals surface area contributed by atoms with Gasteiger partial charge in [0.2, 0.25) is 0 Å². The minimum absolute atomic E-state index is 0.0226. The van der Waals surface area contributed by atoms with Crippen LogP contribution in [-0.2, 0) is 6.54 Å². The Hall–Kier alpha value is -3.34. The summed E-state index contributed by atoms with van der Waals surface area (Å²) in [4.78, 5) is 15.3. The first-order chi connectivity index (χ1) is 15.1. The predicted octanol–water partition coefficient (Wildman–Crippen LogP) is 6.35. The number of aromatic nitrogens is 1. The van der Waals surface area contributed by atoms with Crippen molar-refractivity contribution in [2.75, 3.05) is 13.1 Å². The number of hydrogen-bond donors (Lipinski definition) is 0. The lowest BCUT2D eigenvalue weighted by Gasteiger charge is -2.22. The third-order valence-corrected chi connectivity index (χ3v) is 5.40. The van der Waals surface area contributed by atoms with E-state index in [-0.39, 0.29) is 11.7 Å². The molecule has 0 saturated heterocycles. The highest BCUT2D eigenvalue weighted by Crippen LogP contribution is 2.31. The van der Waals surface area contributed by atoms with Crippen LogP contribution in [0.3, 0.4) is 0 Å². The monoisotopic (exact) mass is 418 g/mol. The second kappa shape index (κ2) is 9.21. The number of amides is 1. The first-order valence-corrected chi connectivity index (χ1v) is 10.8. The van der Waals surface area contributed by atoms with Gasteiger partial charge in [-0.15, -0.1) is 0 Å². The smallest absolute Gasteiger partial charge is 0.270 e. The number of benzene rings is 2. The Morgan fingerprint density at radius 1 is 0.968 bits per heavy atom. The van der Waals surface area contributed by atoms with Crippen molar-refractivity contribution in [1.82, 2.24) is 9.47 Å². The van der Waals surface area contributed by atoms with Gasteiger partial charge in [0.05, 0.1) is 5.52 Å². The molecule has 160 valence electrons. The lowest BCUT2D eigenvalue weighted by Crippen LogP contribution is -2.34. The van der Waals surface area contributed by atoms with E-state index in [0.29, 0.717) is 23.6 Å². The van der Waals surface area contributed by atoms with Gasteiger partial charge in [-0.25, -0.2) is 4.39 Å². The number of carbonyl (C=O) groups excluding carboxylic acids is 1. The highest BCUT2D eigenvalue weighted by molar-refractivity contribution is 5.98. The normalized spacial score (nSPS) is 11.2. The van der Waals surface area contributed by atoms with Gasteiger partial charge in [0.1, 0.15) is 17.3 Å². The number of furan rings is 1. The van der Waals surface area contributed by atoms with Crippen LogP contribution in [0.2, 0.25) is 0 Å². The van der Waals surface area contributed by atoms with E-state index in [0.717, 1.165) is 42.6 Å². The zero-order valence-electron chi connectivity index (χ0n) is 18.0. The molecule has 0 spiro atoms. The molecule has 4 nitrogen and oxygen atoms in total. The lowest BCUT2D eigenvalue weighted by molar-refractivity contribution is 0.0745. The van der Waals surface area contributed by atoms with Crippen LogP contribution in [0.1, 0.15) is 42.7 Å². The van der Waals surface area contributed by atoms with Gasteiger partial charge in [-0.05, 0) is 42.7 Å². The van der Waals surface area contributed by atoms with Crippen molar-refractivity contribution in [3.8, 4) is 11.3 Å². The average Bonchev–Trinajstić information content (AvgIpc) is 3.34. The van der Waals surface area contributed by atoms with Crippen LogP contribution < -0.4 is 0 Å². The summed E-state index contributed by atoms with van der Waals surface area (Å²) in [6.07, 6.45) is 1.83. The van der Waals surface area contributed by atoms with Crippen molar-refractivity contribution in [3.05, 3.63) is 83.8 Å². The van der Waals surface area contributed by atoms with Crippen LogP contribution in [0.25, 0.3) is 22.4 Å². The standard InChI is InChI=1S/C26H27FN2O2/c1-3-14-28(15-4-2)26(30)23-17-25-22(29(23)18-19-8-6-5-7-9-19)16-24(31-25)20-10-12-21(27)13-11-20/h5-13,16-17H,3-4,14-15,18H2,1-2H3. The molecule has 0 saturated carbocycles. The van der Waals surface area contributed by atoms with Crippen molar-refractivity contribution < 1.29 is 13.6 Å². The molecule has 0 aliphatic rings. The molecular formula is C26H27FN2O2. The molecule has 0 aliphatic heterocycles. The van der Waals surface area contributed by atoms with Gasteiger partial charge in [0.15, 0.2) is 5.58 Å². The van der Waals surface area contributed by atoms with Crippen molar-refractivity contribution in [1.29, 1.82) is 0 Å². The topological polar surface area (TPSA) is 38.4 Å². The van der Waals surface area contributed by atoms with Crippen LogP contribution in [0.15, 0.2) is 71.1 Å². The average molecular weight is 419 g/mol. The van der Waals surface area contributed by atoms with Gasteiger partial charge >= 0.3 is 0 Å². The van der Waals surface area contributed by atoms with Gasteiger partial charge in [-0.3, -0.25) is 4.79 Å². The Morgan fingerprint density at radius 3 is 2.29 bits per heavy atom. The number of rotatable bonds is 8. The zero-order valence-corrected chi connectivity index (χ0v) is 18.0. The molecule has 2 aromatic carbocycles. The van der Waals surface area contributed by atoms with E-state index >= 15 is 0 Å². The van der Waals surface area contributed by atoms with E-state index in [1.165, 1.54) is 12.1 Å². The van der Waals surface area contributed by atoms with Crippen LogP contribution in [0.5, 0.6) is 0 Å². The molecule has 31 heavy (non-hydrogen) atoms. The van der Waals surface area contributed by atoms with E-state index in [9.17, 15) is 9.18 Å². The molecule has 4 rings (SSSR count). The second-order valence-electron chi connectivity index (χ2n) is 7.76. The minimum Gasteiger partial charge on any atom is -0.454 e. The van der Waals surface area contributed by atoms with Gasteiger partial charge < -0.3 is 13.9 Å². The molecular weight excluding hydrogens is 391 g/mol. The molecule has 2 heterocycles. The highest BCUT2D eigenvalue weighted by atomic mass is 19.1. The number of fused-ring (bicyclic) bond motifs is 1. The highest BCUT2D eigenvalue weighted by Gasteiger charge is 2.23. The molecule has 0 bridgehead atoms. The Balaban J connectivity index is 1.79. The molecule has 0 atom stereocenters. The first-order valence-electron chi connectivity index (χ1n) is 10.8. The molecule has 1 amide bonds. The number of halogens is 1. The number of carbonyl (C=O) groups is 1. The molecule has 0 radical (unpaired) electrons. The Morgan fingerprint density at radius 2 is 1.65 bits per heavy atom. The second-order valence-corrected chi connectivity index (χ2v) is 7.76. The predicted molar refractivity (Wildman–Crippen MR) is 122 cm³/mol. The zero-order chi connectivity index (χ0) is 21.8. The van der Waals surface area contributed by atoms with E-state index in [4.69, 9.17) is 4.42 Å². The number of hydrogen-bond acceptors (Lipinski definition) is 2. The fourth-order valence-electron chi connectivity index (χ4n) is 3.93. The van der Waals surface area contributed by atoms with Crippen molar-refractivity contribution in [3.63, 3.8) is 0 Å². The van der Waals surface area contributed by atoms with Crippen molar-refractivity contribution in [2.24, 2.45) is 0 Å². The summed E-state index contributed by atoms with van der Waals surface area (Å²) in [5.74, 6) is 0.396. The van der Waals surface area contributed by atoms with E-state index in [2.05, 4.69) is 26.0 Å². The lowest BCUT2D eigenvalue weighted by atomic mass is 10.2. The molecule has 0 N–H and O–H groups in total. The van der Waals surface area contributed by atoms with Crippen LogP contribution >= 0.6 is 0 Å². The maximum absolute atomic E-state index is 13.4. The molecule has 4 aromatic rings. The number of nitrogens with zero attached hydrogens (tertiary/aromatic N) is 2. The molecule has 0 fully saturated rings. The molecule has 2 aromatic heterocycles. The molecule has 5 heteroatoms. The summed E-state index contributed by atoms with van der Waals surface area (Å²) in [6, 6.07) is 20.1. The fraction of sp³-hybridized carbons (Fsp3) is 0.269. The third-order valence-electron chi connectivity index (χ3n) is 5.40. The summed E-state index contributed by atoms with van der Waals surface area (Å²) in [5.41, 5.74) is 4.06. The van der Waals surface area contributed by atoms with E-state index in [1.807, 2.05) is 39.8 Å². The van der Waals surface area contributed by atoms with Gasteiger partial charge in [-0.2, -0.15) is 0 Å². The quantitative estimate of drug-likeness (QED) is 0.334. The van der Waals surface area contributed by atoms with Crippen molar-refractivity contribution >= 4 is 17.0 Å². The maximum atomic E-state index is 13.4. The molecule has 0 aliphatic carbocycles.